The van der Waals surface area contributed by atoms with Crippen molar-refractivity contribution in [1.82, 2.24) is 0 Å². The van der Waals surface area contributed by atoms with Crippen molar-refractivity contribution in [3.63, 3.8) is 0 Å². The molecule has 0 saturated carbocycles. The Morgan fingerprint density at radius 3 is 1.71 bits per heavy atom. The van der Waals surface area contributed by atoms with Gasteiger partial charge in [0.2, 0.25) is 0 Å². The molecule has 0 aromatic rings. The van der Waals surface area contributed by atoms with Crippen LogP contribution in [0.1, 0.15) is 97.8 Å². The Morgan fingerprint density at radius 1 is 0.792 bits per heavy atom. The molecule has 0 rings (SSSR count). The molecule has 0 amide bonds. The second-order valence-corrected chi connectivity index (χ2v) is 6.70. The molecule has 1 unspecified atom stereocenters. The van der Waals surface area contributed by atoms with E-state index in [-0.39, 0.29) is 41.9 Å². The number of carboxylic acid groups (broad SMARTS) is 2. The van der Waals surface area contributed by atoms with Gasteiger partial charge in [0.25, 0.3) is 0 Å². The van der Waals surface area contributed by atoms with Crippen LogP contribution < -0.4 is 0 Å². The van der Waals surface area contributed by atoms with Crippen LogP contribution in [0, 0.1) is 11.3 Å². The SMILES string of the molecule is CCCCCCCCC(C(=O)O)(C(=O)O)C(CC)CCCCC.[NaH]. The van der Waals surface area contributed by atoms with Gasteiger partial charge in [0.1, 0.15) is 0 Å². The number of hydrogen-bond acceptors (Lipinski definition) is 2. The number of rotatable bonds is 15. The molecule has 0 bridgehead atoms. The van der Waals surface area contributed by atoms with E-state index in [1.807, 2.05) is 6.92 Å². The Morgan fingerprint density at radius 2 is 1.25 bits per heavy atom. The minimum absolute atomic E-state index is 0. The molecule has 0 fully saturated rings. The molecule has 0 aromatic carbocycles. The van der Waals surface area contributed by atoms with E-state index in [2.05, 4.69) is 13.8 Å². The van der Waals surface area contributed by atoms with Crippen LogP contribution in [-0.2, 0) is 9.59 Å². The number of hydrogen-bond donors (Lipinski definition) is 2. The van der Waals surface area contributed by atoms with E-state index < -0.39 is 17.4 Å². The molecule has 1 atom stereocenters. The Bertz CT molecular complexity index is 330. The van der Waals surface area contributed by atoms with Crippen LogP contribution in [0.2, 0.25) is 0 Å². The van der Waals surface area contributed by atoms with Crippen LogP contribution in [0.15, 0.2) is 0 Å². The average molecular weight is 352 g/mol. The summed E-state index contributed by atoms with van der Waals surface area (Å²) in [6.07, 6.45) is 10.7. The first-order valence-corrected chi connectivity index (χ1v) is 9.44. The molecule has 0 heterocycles. The normalized spacial score (nSPS) is 12.5. The van der Waals surface area contributed by atoms with E-state index in [1.165, 1.54) is 12.8 Å². The summed E-state index contributed by atoms with van der Waals surface area (Å²) < 4.78 is 0. The average Bonchev–Trinajstić information content (AvgIpc) is 2.51. The van der Waals surface area contributed by atoms with Gasteiger partial charge in [-0.05, 0) is 18.8 Å². The summed E-state index contributed by atoms with van der Waals surface area (Å²) in [6.45, 7) is 6.17. The van der Waals surface area contributed by atoms with Crippen LogP contribution >= 0.6 is 0 Å². The molecule has 2 N–H and O–H groups in total. The molecule has 0 aliphatic heterocycles. The second kappa shape index (κ2) is 15.2. The van der Waals surface area contributed by atoms with Crippen LogP contribution in [-0.4, -0.2) is 51.7 Å². The maximum absolute atomic E-state index is 11.9. The van der Waals surface area contributed by atoms with Crippen molar-refractivity contribution in [1.29, 1.82) is 0 Å². The Kier molecular flexibility index (Phi) is 16.6. The molecular weight excluding hydrogens is 315 g/mol. The Hall–Kier alpha value is -0.0600. The third-order valence-electron chi connectivity index (χ3n) is 5.03. The summed E-state index contributed by atoms with van der Waals surface area (Å²) in [5.41, 5.74) is -1.60. The molecule has 0 radical (unpaired) electrons. The van der Waals surface area contributed by atoms with Gasteiger partial charge in [-0.25, -0.2) is 0 Å². The van der Waals surface area contributed by atoms with Gasteiger partial charge >= 0.3 is 41.5 Å². The summed E-state index contributed by atoms with van der Waals surface area (Å²) >= 11 is 0. The number of unbranched alkanes of at least 4 members (excludes halogenated alkanes) is 7. The van der Waals surface area contributed by atoms with Gasteiger partial charge in [0, 0.05) is 0 Å². The predicted octanol–water partition coefficient (Wildman–Crippen LogP) is 4.85. The number of carboxylic acids is 2. The van der Waals surface area contributed by atoms with Crippen molar-refractivity contribution < 1.29 is 19.8 Å². The topological polar surface area (TPSA) is 74.6 Å². The van der Waals surface area contributed by atoms with Crippen LogP contribution in [0.25, 0.3) is 0 Å². The first-order valence-electron chi connectivity index (χ1n) is 9.44. The predicted molar refractivity (Wildman–Crippen MR) is 101 cm³/mol. The molecule has 0 aromatic heterocycles. The van der Waals surface area contributed by atoms with Crippen LogP contribution in [0.3, 0.4) is 0 Å². The quantitative estimate of drug-likeness (QED) is 0.251. The zero-order valence-electron chi connectivity index (χ0n) is 15.3. The minimum atomic E-state index is -1.60. The van der Waals surface area contributed by atoms with Gasteiger partial charge in [0.05, 0.1) is 0 Å². The molecule has 24 heavy (non-hydrogen) atoms. The van der Waals surface area contributed by atoms with Crippen molar-refractivity contribution in [2.45, 2.75) is 97.8 Å². The van der Waals surface area contributed by atoms with Gasteiger partial charge in [0.15, 0.2) is 5.41 Å². The van der Waals surface area contributed by atoms with Gasteiger partial charge < -0.3 is 10.2 Å². The van der Waals surface area contributed by atoms with Crippen molar-refractivity contribution in [2.24, 2.45) is 11.3 Å². The Balaban J connectivity index is 0. The molecular formula is C19H37NaO4. The third-order valence-corrected chi connectivity index (χ3v) is 5.03. The van der Waals surface area contributed by atoms with Gasteiger partial charge in [-0.1, -0.05) is 85.0 Å². The zero-order valence-corrected chi connectivity index (χ0v) is 15.3. The van der Waals surface area contributed by atoms with Crippen molar-refractivity contribution in [2.75, 3.05) is 0 Å². The molecule has 0 aliphatic rings. The fourth-order valence-corrected chi connectivity index (χ4v) is 3.48. The van der Waals surface area contributed by atoms with Gasteiger partial charge in [-0.2, -0.15) is 0 Å². The molecule has 5 heteroatoms. The van der Waals surface area contributed by atoms with Gasteiger partial charge in [-0.15, -0.1) is 0 Å². The summed E-state index contributed by atoms with van der Waals surface area (Å²) in [4.78, 5) is 23.8. The van der Waals surface area contributed by atoms with Gasteiger partial charge in [-0.3, -0.25) is 9.59 Å². The van der Waals surface area contributed by atoms with E-state index in [9.17, 15) is 19.8 Å². The summed E-state index contributed by atoms with van der Waals surface area (Å²) in [5.74, 6) is -2.58. The fourth-order valence-electron chi connectivity index (χ4n) is 3.48. The maximum atomic E-state index is 11.9. The zero-order chi connectivity index (χ0) is 17.7. The Labute approximate surface area is 170 Å². The van der Waals surface area contributed by atoms with E-state index in [1.54, 1.807) is 0 Å². The summed E-state index contributed by atoms with van der Waals surface area (Å²) in [7, 11) is 0. The molecule has 0 aliphatic carbocycles. The first kappa shape index (κ1) is 26.2. The van der Waals surface area contributed by atoms with E-state index in [4.69, 9.17) is 0 Å². The first-order chi connectivity index (χ1) is 11.0. The second-order valence-electron chi connectivity index (χ2n) is 6.70. The van der Waals surface area contributed by atoms with E-state index in [0.717, 1.165) is 38.5 Å². The van der Waals surface area contributed by atoms with E-state index in [0.29, 0.717) is 19.3 Å². The van der Waals surface area contributed by atoms with Crippen LogP contribution in [0.4, 0.5) is 0 Å². The number of aliphatic carboxylic acids is 2. The fraction of sp³-hybridized carbons (Fsp3) is 0.895. The van der Waals surface area contributed by atoms with Crippen LogP contribution in [0.5, 0.6) is 0 Å². The monoisotopic (exact) mass is 352 g/mol. The van der Waals surface area contributed by atoms with Crippen molar-refractivity contribution in [3.8, 4) is 0 Å². The molecule has 0 saturated heterocycles. The third kappa shape index (κ3) is 8.35. The molecule has 4 nitrogen and oxygen atoms in total. The standard InChI is InChI=1S/C19H36O4.Na.H/c1-4-7-9-10-11-13-15-19(17(20)21,18(22)23)16(6-3)14-12-8-5-2;;/h16H,4-15H2,1-3H3,(H,20,21)(H,22,23);;. The van der Waals surface area contributed by atoms with Crippen molar-refractivity contribution >= 4 is 41.5 Å². The molecule has 138 valence electrons. The molecule has 0 spiro atoms. The summed E-state index contributed by atoms with van der Waals surface area (Å²) in [5, 5.41) is 19.4. The summed E-state index contributed by atoms with van der Waals surface area (Å²) in [6, 6.07) is 0. The van der Waals surface area contributed by atoms with E-state index >= 15 is 0 Å². The van der Waals surface area contributed by atoms with Crippen molar-refractivity contribution in [3.05, 3.63) is 0 Å². The number of carbonyl (C=O) groups is 2.